The molecule has 2 rings (SSSR count). The third-order valence-corrected chi connectivity index (χ3v) is 3.63. The summed E-state index contributed by atoms with van der Waals surface area (Å²) in [7, 11) is 0. The smallest absolute Gasteiger partial charge is 0.259 e. The van der Waals surface area contributed by atoms with Gasteiger partial charge in [0.15, 0.2) is 0 Å². The van der Waals surface area contributed by atoms with Crippen molar-refractivity contribution in [3.8, 4) is 0 Å². The van der Waals surface area contributed by atoms with Crippen LogP contribution in [0, 0.1) is 13.8 Å². The van der Waals surface area contributed by atoms with E-state index >= 15 is 0 Å². The van der Waals surface area contributed by atoms with Gasteiger partial charge in [0.1, 0.15) is 17.3 Å². The molecular formula is C11H14N2O2S. The average molecular weight is 238 g/mol. The Labute approximate surface area is 97.3 Å². The van der Waals surface area contributed by atoms with Gasteiger partial charge in [0.05, 0.1) is 5.39 Å². The van der Waals surface area contributed by atoms with Crippen molar-refractivity contribution in [1.29, 1.82) is 0 Å². The number of nitrogens with zero attached hydrogens (tertiary/aromatic N) is 1. The summed E-state index contributed by atoms with van der Waals surface area (Å²) in [5.74, 6) is 0.598. The molecule has 0 amide bonds. The number of hydrogen-bond acceptors (Lipinski definition) is 4. The topological polar surface area (TPSA) is 55.0 Å². The van der Waals surface area contributed by atoms with Gasteiger partial charge in [-0.2, -0.15) is 0 Å². The minimum Gasteiger partial charge on any atom is -0.374 e. The van der Waals surface area contributed by atoms with Crippen LogP contribution in [0.1, 0.15) is 23.2 Å². The second-order valence-electron chi connectivity index (χ2n) is 3.61. The van der Waals surface area contributed by atoms with Crippen LogP contribution in [0.4, 0.5) is 0 Å². The van der Waals surface area contributed by atoms with E-state index in [1.165, 1.54) is 0 Å². The fourth-order valence-corrected chi connectivity index (χ4v) is 2.62. The van der Waals surface area contributed by atoms with Gasteiger partial charge in [0.2, 0.25) is 0 Å². The highest BCUT2D eigenvalue weighted by molar-refractivity contribution is 7.18. The first-order valence-corrected chi connectivity index (χ1v) is 6.01. The van der Waals surface area contributed by atoms with Crippen molar-refractivity contribution in [2.45, 2.75) is 27.4 Å². The van der Waals surface area contributed by atoms with Crippen molar-refractivity contribution in [2.75, 3.05) is 6.61 Å². The van der Waals surface area contributed by atoms with E-state index in [1.807, 2.05) is 20.8 Å². The van der Waals surface area contributed by atoms with E-state index in [-0.39, 0.29) is 5.56 Å². The Kier molecular flexibility index (Phi) is 3.07. The molecule has 2 aromatic rings. The van der Waals surface area contributed by atoms with E-state index in [1.54, 1.807) is 11.3 Å². The molecule has 4 nitrogen and oxygen atoms in total. The zero-order chi connectivity index (χ0) is 11.7. The number of ether oxygens (including phenoxy) is 1. The Morgan fingerprint density at radius 2 is 2.19 bits per heavy atom. The van der Waals surface area contributed by atoms with Gasteiger partial charge in [-0.1, -0.05) is 0 Å². The Morgan fingerprint density at radius 1 is 1.44 bits per heavy atom. The van der Waals surface area contributed by atoms with Crippen LogP contribution in [0.3, 0.4) is 0 Å². The van der Waals surface area contributed by atoms with E-state index in [4.69, 9.17) is 4.74 Å². The molecule has 0 unspecified atom stereocenters. The monoisotopic (exact) mass is 238 g/mol. The zero-order valence-electron chi connectivity index (χ0n) is 9.59. The Hall–Kier alpha value is -1.20. The molecule has 0 fully saturated rings. The van der Waals surface area contributed by atoms with Crippen LogP contribution in [-0.2, 0) is 11.3 Å². The second-order valence-corrected chi connectivity index (χ2v) is 4.82. The predicted molar refractivity (Wildman–Crippen MR) is 65.0 cm³/mol. The van der Waals surface area contributed by atoms with E-state index < -0.39 is 0 Å². The van der Waals surface area contributed by atoms with E-state index in [0.717, 1.165) is 15.3 Å². The molecule has 86 valence electrons. The standard InChI is InChI=1S/C11H14N2O2S/c1-4-15-5-8-12-10(14)9-6(2)7(3)16-11(9)13-8/h4-5H2,1-3H3,(H,12,13,14). The van der Waals surface area contributed by atoms with Gasteiger partial charge in [-0.3, -0.25) is 4.79 Å². The third kappa shape index (κ3) is 1.88. The first kappa shape index (κ1) is 11.3. The van der Waals surface area contributed by atoms with Crippen molar-refractivity contribution < 1.29 is 4.74 Å². The van der Waals surface area contributed by atoms with E-state index in [2.05, 4.69) is 9.97 Å². The minimum atomic E-state index is -0.0680. The van der Waals surface area contributed by atoms with Crippen LogP contribution < -0.4 is 5.56 Å². The maximum Gasteiger partial charge on any atom is 0.259 e. The molecule has 0 aliphatic rings. The Morgan fingerprint density at radius 3 is 2.88 bits per heavy atom. The molecule has 0 saturated carbocycles. The number of nitrogens with one attached hydrogen (secondary N) is 1. The highest BCUT2D eigenvalue weighted by Gasteiger charge is 2.11. The molecule has 2 aromatic heterocycles. The largest absolute Gasteiger partial charge is 0.374 e. The van der Waals surface area contributed by atoms with Crippen molar-refractivity contribution >= 4 is 21.6 Å². The van der Waals surface area contributed by atoms with Crippen LogP contribution in [0.2, 0.25) is 0 Å². The molecule has 1 N–H and O–H groups in total. The summed E-state index contributed by atoms with van der Waals surface area (Å²) < 4.78 is 5.23. The molecule has 0 radical (unpaired) electrons. The van der Waals surface area contributed by atoms with Gasteiger partial charge >= 0.3 is 0 Å². The highest BCUT2D eigenvalue weighted by atomic mass is 32.1. The summed E-state index contributed by atoms with van der Waals surface area (Å²) in [6, 6.07) is 0. The fourth-order valence-electron chi connectivity index (χ4n) is 1.57. The van der Waals surface area contributed by atoms with E-state index in [9.17, 15) is 4.79 Å². The van der Waals surface area contributed by atoms with Gasteiger partial charge < -0.3 is 9.72 Å². The number of rotatable bonds is 3. The first-order valence-electron chi connectivity index (χ1n) is 5.20. The number of aryl methyl sites for hydroxylation is 2. The molecule has 0 aromatic carbocycles. The zero-order valence-corrected chi connectivity index (χ0v) is 10.4. The molecule has 0 aliphatic carbocycles. The first-order chi connectivity index (χ1) is 7.63. The summed E-state index contributed by atoms with van der Waals surface area (Å²) in [6.45, 7) is 6.84. The maximum atomic E-state index is 11.9. The maximum absolute atomic E-state index is 11.9. The van der Waals surface area contributed by atoms with Gasteiger partial charge in [0, 0.05) is 11.5 Å². The Bertz CT molecular complexity index is 571. The fraction of sp³-hybridized carbons (Fsp3) is 0.455. The van der Waals surface area contributed by atoms with Crippen LogP contribution >= 0.6 is 11.3 Å². The lowest BCUT2D eigenvalue weighted by Gasteiger charge is -2.00. The van der Waals surface area contributed by atoms with Gasteiger partial charge in [-0.05, 0) is 26.3 Å². The lowest BCUT2D eigenvalue weighted by Crippen LogP contribution is -2.12. The average Bonchev–Trinajstić information content (AvgIpc) is 2.52. The predicted octanol–water partition coefficient (Wildman–Crippen LogP) is 2.14. The molecular weight excluding hydrogens is 224 g/mol. The molecule has 0 saturated heterocycles. The van der Waals surface area contributed by atoms with Crippen molar-refractivity contribution in [2.24, 2.45) is 0 Å². The summed E-state index contributed by atoms with van der Waals surface area (Å²) >= 11 is 1.55. The molecule has 0 atom stereocenters. The normalized spacial score (nSPS) is 11.2. The lowest BCUT2D eigenvalue weighted by atomic mass is 10.2. The van der Waals surface area contributed by atoms with Crippen LogP contribution in [0.25, 0.3) is 10.2 Å². The van der Waals surface area contributed by atoms with Crippen LogP contribution in [0.15, 0.2) is 4.79 Å². The molecule has 0 aliphatic heterocycles. The quantitative estimate of drug-likeness (QED) is 0.891. The second kappa shape index (κ2) is 4.35. The molecule has 0 spiro atoms. The summed E-state index contributed by atoms with van der Waals surface area (Å²) in [5, 5.41) is 0.711. The Balaban J connectivity index is 2.55. The number of hydrogen-bond donors (Lipinski definition) is 1. The van der Waals surface area contributed by atoms with Crippen molar-refractivity contribution in [3.63, 3.8) is 0 Å². The van der Waals surface area contributed by atoms with Gasteiger partial charge in [-0.15, -0.1) is 11.3 Å². The molecule has 16 heavy (non-hydrogen) atoms. The molecule has 0 bridgehead atoms. The number of H-pyrrole nitrogens is 1. The lowest BCUT2D eigenvalue weighted by molar-refractivity contribution is 0.128. The van der Waals surface area contributed by atoms with Crippen LogP contribution in [0.5, 0.6) is 0 Å². The highest BCUT2D eigenvalue weighted by Crippen LogP contribution is 2.25. The number of aromatic nitrogens is 2. The van der Waals surface area contributed by atoms with Crippen molar-refractivity contribution in [1.82, 2.24) is 9.97 Å². The minimum absolute atomic E-state index is 0.0680. The van der Waals surface area contributed by atoms with Crippen molar-refractivity contribution in [3.05, 3.63) is 26.6 Å². The summed E-state index contributed by atoms with van der Waals surface area (Å²) in [6.07, 6.45) is 0. The summed E-state index contributed by atoms with van der Waals surface area (Å²) in [4.78, 5) is 20.9. The van der Waals surface area contributed by atoms with Gasteiger partial charge in [0.25, 0.3) is 5.56 Å². The van der Waals surface area contributed by atoms with Crippen LogP contribution in [-0.4, -0.2) is 16.6 Å². The SMILES string of the molecule is CCOCc1nc2sc(C)c(C)c2c(=O)[nH]1. The van der Waals surface area contributed by atoms with Gasteiger partial charge in [-0.25, -0.2) is 4.98 Å². The number of thiophene rings is 1. The third-order valence-electron chi connectivity index (χ3n) is 2.53. The van der Waals surface area contributed by atoms with E-state index in [0.29, 0.717) is 24.4 Å². The molecule has 5 heteroatoms. The number of aromatic amines is 1. The number of fused-ring (bicyclic) bond motifs is 1. The molecule has 2 heterocycles. The summed E-state index contributed by atoms with van der Waals surface area (Å²) in [5.41, 5.74) is 0.957.